The molecule has 0 aromatic heterocycles. The van der Waals surface area contributed by atoms with Gasteiger partial charge in [-0.3, -0.25) is 9.59 Å². The van der Waals surface area contributed by atoms with Crippen molar-refractivity contribution in [3.8, 4) is 0 Å². The zero-order valence-electron chi connectivity index (χ0n) is 15.4. The molecular formula is C22H14N2O6-2. The Morgan fingerprint density at radius 2 is 0.733 bits per heavy atom. The Morgan fingerprint density at radius 1 is 0.467 bits per heavy atom. The first-order valence-electron chi connectivity index (χ1n) is 8.69. The summed E-state index contributed by atoms with van der Waals surface area (Å²) in [5.74, 6) is -3.48. The maximum Gasteiger partial charge on any atom is 0.255 e. The SMILES string of the molecule is O=C([O-])c1ccc(NC(=O)c2ccc(C(=O)Nc3ccc(C(=O)[O-])cc3)cc2)cc1. The number of amides is 2. The van der Waals surface area contributed by atoms with Crippen LogP contribution < -0.4 is 20.8 Å². The Bertz CT molecular complexity index is 1010. The summed E-state index contributed by atoms with van der Waals surface area (Å²) >= 11 is 0. The molecule has 0 aliphatic carbocycles. The molecule has 0 heterocycles. The van der Waals surface area contributed by atoms with Crippen molar-refractivity contribution in [2.24, 2.45) is 0 Å². The average molecular weight is 402 g/mol. The van der Waals surface area contributed by atoms with Crippen molar-refractivity contribution in [1.82, 2.24) is 0 Å². The molecule has 0 unspecified atom stereocenters. The third-order valence-electron chi connectivity index (χ3n) is 4.17. The maximum absolute atomic E-state index is 12.3. The van der Waals surface area contributed by atoms with E-state index in [0.717, 1.165) is 0 Å². The first-order valence-corrected chi connectivity index (χ1v) is 8.69. The van der Waals surface area contributed by atoms with E-state index in [1.807, 2.05) is 0 Å². The Hall–Kier alpha value is -4.46. The monoisotopic (exact) mass is 402 g/mol. The van der Waals surface area contributed by atoms with Gasteiger partial charge in [0.1, 0.15) is 0 Å². The lowest BCUT2D eigenvalue weighted by atomic mass is 10.1. The zero-order valence-corrected chi connectivity index (χ0v) is 15.4. The Morgan fingerprint density at radius 3 is 1.00 bits per heavy atom. The van der Waals surface area contributed by atoms with Gasteiger partial charge in [-0.2, -0.15) is 0 Å². The highest BCUT2D eigenvalue weighted by Crippen LogP contribution is 2.14. The number of benzene rings is 3. The summed E-state index contributed by atoms with van der Waals surface area (Å²) < 4.78 is 0. The number of aromatic carboxylic acids is 2. The second kappa shape index (κ2) is 8.70. The molecule has 0 fully saturated rings. The average Bonchev–Trinajstić information content (AvgIpc) is 2.74. The topological polar surface area (TPSA) is 138 Å². The smallest absolute Gasteiger partial charge is 0.255 e. The van der Waals surface area contributed by atoms with Crippen LogP contribution in [-0.4, -0.2) is 23.8 Å². The van der Waals surface area contributed by atoms with Gasteiger partial charge >= 0.3 is 0 Å². The lowest BCUT2D eigenvalue weighted by molar-refractivity contribution is -0.256. The Kier molecular flexibility index (Phi) is 5.88. The molecule has 0 aliphatic rings. The summed E-state index contributed by atoms with van der Waals surface area (Å²) in [5, 5.41) is 26.7. The number of hydrogen-bond acceptors (Lipinski definition) is 6. The second-order valence-electron chi connectivity index (χ2n) is 6.22. The lowest BCUT2D eigenvalue weighted by Crippen LogP contribution is -2.22. The third-order valence-corrected chi connectivity index (χ3v) is 4.17. The van der Waals surface area contributed by atoms with Crippen LogP contribution in [0.25, 0.3) is 0 Å². The van der Waals surface area contributed by atoms with Gasteiger partial charge in [0.05, 0.1) is 11.9 Å². The number of hydrogen-bond donors (Lipinski definition) is 2. The summed E-state index contributed by atoms with van der Waals surface area (Å²) in [5.41, 5.74) is 1.41. The fourth-order valence-electron chi connectivity index (χ4n) is 2.56. The van der Waals surface area contributed by atoms with Crippen LogP contribution in [0.2, 0.25) is 0 Å². The minimum Gasteiger partial charge on any atom is -0.545 e. The van der Waals surface area contributed by atoms with E-state index in [0.29, 0.717) is 22.5 Å². The van der Waals surface area contributed by atoms with Gasteiger partial charge in [-0.15, -0.1) is 0 Å². The van der Waals surface area contributed by atoms with Crippen LogP contribution in [0.5, 0.6) is 0 Å². The van der Waals surface area contributed by atoms with E-state index in [1.54, 1.807) is 0 Å². The quantitative estimate of drug-likeness (QED) is 0.629. The van der Waals surface area contributed by atoms with Gasteiger partial charge in [0.15, 0.2) is 0 Å². The van der Waals surface area contributed by atoms with E-state index in [9.17, 15) is 29.4 Å². The first kappa shape index (κ1) is 20.3. The van der Waals surface area contributed by atoms with E-state index < -0.39 is 23.8 Å². The number of anilines is 2. The summed E-state index contributed by atoms with van der Waals surface area (Å²) in [6.45, 7) is 0. The lowest BCUT2D eigenvalue weighted by Gasteiger charge is -2.09. The molecule has 0 atom stereocenters. The van der Waals surface area contributed by atoms with E-state index >= 15 is 0 Å². The van der Waals surface area contributed by atoms with Crippen LogP contribution in [0, 0.1) is 0 Å². The summed E-state index contributed by atoms with van der Waals surface area (Å²) in [7, 11) is 0. The molecule has 30 heavy (non-hydrogen) atoms. The van der Waals surface area contributed by atoms with Gasteiger partial charge < -0.3 is 30.4 Å². The van der Waals surface area contributed by atoms with Crippen LogP contribution in [0.1, 0.15) is 41.4 Å². The molecule has 8 heteroatoms. The first-order chi connectivity index (χ1) is 14.3. The highest BCUT2D eigenvalue weighted by atomic mass is 16.4. The highest BCUT2D eigenvalue weighted by molar-refractivity contribution is 6.07. The van der Waals surface area contributed by atoms with Gasteiger partial charge in [0.2, 0.25) is 0 Å². The molecule has 0 bridgehead atoms. The van der Waals surface area contributed by atoms with Gasteiger partial charge in [0, 0.05) is 22.5 Å². The van der Waals surface area contributed by atoms with Gasteiger partial charge in [-0.1, -0.05) is 24.3 Å². The fourth-order valence-corrected chi connectivity index (χ4v) is 2.56. The summed E-state index contributed by atoms with van der Waals surface area (Å²) in [6.07, 6.45) is 0. The van der Waals surface area contributed by atoms with E-state index in [2.05, 4.69) is 10.6 Å². The Balaban J connectivity index is 1.63. The zero-order chi connectivity index (χ0) is 21.7. The van der Waals surface area contributed by atoms with Crippen molar-refractivity contribution in [2.45, 2.75) is 0 Å². The van der Waals surface area contributed by atoms with Crippen molar-refractivity contribution in [3.05, 3.63) is 95.1 Å². The van der Waals surface area contributed by atoms with Crippen LogP contribution >= 0.6 is 0 Å². The van der Waals surface area contributed by atoms with Gasteiger partial charge in [-0.25, -0.2) is 0 Å². The largest absolute Gasteiger partial charge is 0.545 e. The second-order valence-corrected chi connectivity index (χ2v) is 6.22. The highest BCUT2D eigenvalue weighted by Gasteiger charge is 2.10. The van der Waals surface area contributed by atoms with Crippen LogP contribution in [0.15, 0.2) is 72.8 Å². The van der Waals surface area contributed by atoms with Crippen molar-refractivity contribution in [2.75, 3.05) is 10.6 Å². The van der Waals surface area contributed by atoms with Crippen molar-refractivity contribution >= 4 is 35.1 Å². The maximum atomic E-state index is 12.3. The molecule has 0 aliphatic heterocycles. The molecule has 3 aromatic rings. The predicted octanol–water partition coefficient (Wildman–Crippen LogP) is 0.918. The molecule has 2 amide bonds. The molecule has 3 rings (SSSR count). The van der Waals surface area contributed by atoms with Crippen molar-refractivity contribution in [1.29, 1.82) is 0 Å². The van der Waals surface area contributed by atoms with Crippen LogP contribution in [0.3, 0.4) is 0 Å². The number of nitrogens with one attached hydrogen (secondary N) is 2. The standard InChI is InChI=1S/C22H16N2O6/c25-19(23-17-9-5-15(6-10-17)21(27)28)13-1-2-14(4-3-13)20(26)24-18-11-7-16(8-12-18)22(29)30/h1-12H,(H,23,25)(H,24,26)(H,27,28)(H,29,30)/p-2. The molecule has 8 nitrogen and oxygen atoms in total. The number of carboxylic acid groups (broad SMARTS) is 2. The van der Waals surface area contributed by atoms with Crippen molar-refractivity contribution in [3.63, 3.8) is 0 Å². The predicted molar refractivity (Wildman–Crippen MR) is 104 cm³/mol. The van der Waals surface area contributed by atoms with E-state index in [4.69, 9.17) is 0 Å². The minimum atomic E-state index is -1.31. The summed E-state index contributed by atoms with van der Waals surface area (Å²) in [6, 6.07) is 16.9. The van der Waals surface area contributed by atoms with Gasteiger partial charge in [0.25, 0.3) is 11.8 Å². The number of carbonyl (C=O) groups excluding carboxylic acids is 4. The molecule has 0 radical (unpaired) electrons. The summed E-state index contributed by atoms with van der Waals surface area (Å²) in [4.78, 5) is 46.1. The van der Waals surface area contributed by atoms with E-state index in [-0.39, 0.29) is 11.1 Å². The molecule has 150 valence electrons. The normalized spacial score (nSPS) is 10.1. The number of carbonyl (C=O) groups is 4. The molecule has 0 spiro atoms. The minimum absolute atomic E-state index is 0.00219. The number of rotatable bonds is 6. The Labute approximate surface area is 170 Å². The number of carboxylic acids is 2. The van der Waals surface area contributed by atoms with Crippen LogP contribution in [0.4, 0.5) is 11.4 Å². The van der Waals surface area contributed by atoms with Crippen molar-refractivity contribution < 1.29 is 29.4 Å². The molecule has 2 N–H and O–H groups in total. The molecule has 0 saturated heterocycles. The van der Waals surface area contributed by atoms with Crippen LogP contribution in [-0.2, 0) is 0 Å². The fraction of sp³-hybridized carbons (Fsp3) is 0. The molecule has 3 aromatic carbocycles. The third kappa shape index (κ3) is 4.87. The molecule has 0 saturated carbocycles. The molecular weight excluding hydrogens is 388 g/mol. The van der Waals surface area contributed by atoms with E-state index in [1.165, 1.54) is 72.8 Å². The van der Waals surface area contributed by atoms with Gasteiger partial charge in [-0.05, 0) is 59.7 Å².